The highest BCUT2D eigenvalue weighted by Crippen LogP contribution is 2.20. The number of likely N-dealkylation sites (tertiary alicyclic amines) is 2. The van der Waals surface area contributed by atoms with Gasteiger partial charge >= 0.3 is 0 Å². The summed E-state index contributed by atoms with van der Waals surface area (Å²) in [6.45, 7) is 11.8. The first-order valence-corrected chi connectivity index (χ1v) is 8.89. The van der Waals surface area contributed by atoms with Crippen molar-refractivity contribution >= 4 is 5.91 Å². The fourth-order valence-electron chi connectivity index (χ4n) is 3.70. The van der Waals surface area contributed by atoms with E-state index in [1.54, 1.807) is 0 Å². The first kappa shape index (κ1) is 16.8. The highest BCUT2D eigenvalue weighted by Gasteiger charge is 2.32. The van der Waals surface area contributed by atoms with Crippen LogP contribution in [0.1, 0.15) is 52.9 Å². The Kier molecular flexibility index (Phi) is 6.49. The van der Waals surface area contributed by atoms with Crippen LogP contribution in [0.2, 0.25) is 0 Å². The summed E-state index contributed by atoms with van der Waals surface area (Å²) in [5.74, 6) is 0.976. The van der Waals surface area contributed by atoms with E-state index >= 15 is 0 Å². The van der Waals surface area contributed by atoms with Crippen LogP contribution < -0.4 is 5.32 Å². The third-order valence-electron chi connectivity index (χ3n) is 5.17. The van der Waals surface area contributed by atoms with Crippen LogP contribution in [0.25, 0.3) is 0 Å². The fourth-order valence-corrected chi connectivity index (χ4v) is 3.70. The highest BCUT2D eigenvalue weighted by atomic mass is 16.2. The summed E-state index contributed by atoms with van der Waals surface area (Å²) in [6, 6.07) is 0.677. The monoisotopic (exact) mass is 295 g/mol. The predicted molar refractivity (Wildman–Crippen MR) is 87.3 cm³/mol. The molecule has 21 heavy (non-hydrogen) atoms. The van der Waals surface area contributed by atoms with Gasteiger partial charge in [0, 0.05) is 32.2 Å². The maximum absolute atomic E-state index is 12.6. The third-order valence-corrected chi connectivity index (χ3v) is 5.17. The molecule has 2 fully saturated rings. The van der Waals surface area contributed by atoms with Crippen molar-refractivity contribution in [2.45, 2.75) is 65.0 Å². The van der Waals surface area contributed by atoms with Crippen molar-refractivity contribution in [3.05, 3.63) is 0 Å². The summed E-state index contributed by atoms with van der Waals surface area (Å²) in [5, 5.41) is 3.65. The van der Waals surface area contributed by atoms with E-state index in [-0.39, 0.29) is 6.04 Å². The lowest BCUT2D eigenvalue weighted by Crippen LogP contribution is -2.55. The van der Waals surface area contributed by atoms with Crippen LogP contribution in [0.3, 0.4) is 0 Å². The van der Waals surface area contributed by atoms with E-state index in [0.29, 0.717) is 17.9 Å². The molecule has 2 rings (SSSR count). The van der Waals surface area contributed by atoms with E-state index in [0.717, 1.165) is 32.7 Å². The molecule has 3 atom stereocenters. The van der Waals surface area contributed by atoms with Crippen molar-refractivity contribution in [2.75, 3.05) is 32.7 Å². The SMILES string of the molecule is CCCNC1CCN(C(C)C(=O)N2CCCCC2)CC1C. The van der Waals surface area contributed by atoms with E-state index in [1.807, 2.05) is 0 Å². The first-order chi connectivity index (χ1) is 10.1. The molecule has 0 radical (unpaired) electrons. The van der Waals surface area contributed by atoms with E-state index in [1.165, 1.54) is 32.1 Å². The smallest absolute Gasteiger partial charge is 0.239 e. The molecule has 3 unspecified atom stereocenters. The van der Waals surface area contributed by atoms with Gasteiger partial charge < -0.3 is 10.2 Å². The van der Waals surface area contributed by atoms with E-state index in [2.05, 4.69) is 35.9 Å². The Morgan fingerprint density at radius 3 is 2.57 bits per heavy atom. The minimum absolute atomic E-state index is 0.0534. The Balaban J connectivity index is 1.83. The standard InChI is InChI=1S/C17H33N3O/c1-4-9-18-16-8-12-20(13-14(16)2)15(3)17(21)19-10-6-5-7-11-19/h14-16,18H,4-13H2,1-3H3. The van der Waals surface area contributed by atoms with E-state index in [9.17, 15) is 4.79 Å². The number of amides is 1. The summed E-state index contributed by atoms with van der Waals surface area (Å²) in [7, 11) is 0. The molecule has 2 saturated heterocycles. The van der Waals surface area contributed by atoms with Crippen LogP contribution in [0, 0.1) is 5.92 Å². The number of hydrogen-bond acceptors (Lipinski definition) is 3. The molecule has 4 heteroatoms. The molecule has 0 bridgehead atoms. The quantitative estimate of drug-likeness (QED) is 0.844. The molecule has 0 aromatic carbocycles. The average molecular weight is 295 g/mol. The molecule has 2 aliphatic heterocycles. The molecule has 0 spiro atoms. The number of hydrogen-bond donors (Lipinski definition) is 1. The second-order valence-electron chi connectivity index (χ2n) is 6.88. The molecular weight excluding hydrogens is 262 g/mol. The molecule has 122 valence electrons. The molecule has 1 amide bonds. The van der Waals surface area contributed by atoms with Crippen molar-refractivity contribution in [1.82, 2.24) is 15.1 Å². The van der Waals surface area contributed by atoms with E-state index < -0.39 is 0 Å². The van der Waals surface area contributed by atoms with E-state index in [4.69, 9.17) is 0 Å². The second kappa shape index (κ2) is 8.14. The topological polar surface area (TPSA) is 35.6 Å². The summed E-state index contributed by atoms with van der Waals surface area (Å²) in [4.78, 5) is 17.1. The summed E-state index contributed by atoms with van der Waals surface area (Å²) in [5.41, 5.74) is 0. The lowest BCUT2D eigenvalue weighted by Gasteiger charge is -2.41. The van der Waals surface area contributed by atoms with Crippen molar-refractivity contribution in [1.29, 1.82) is 0 Å². The van der Waals surface area contributed by atoms with Gasteiger partial charge in [-0.1, -0.05) is 13.8 Å². The van der Waals surface area contributed by atoms with Crippen LogP contribution in [0.15, 0.2) is 0 Å². The lowest BCUT2D eigenvalue weighted by atomic mass is 9.92. The van der Waals surface area contributed by atoms with Gasteiger partial charge in [-0.25, -0.2) is 0 Å². The predicted octanol–water partition coefficient (Wildman–Crippen LogP) is 2.10. The Hall–Kier alpha value is -0.610. The molecule has 0 aromatic heterocycles. The molecule has 0 saturated carbocycles. The molecule has 1 N–H and O–H groups in total. The average Bonchev–Trinajstić information content (AvgIpc) is 2.53. The normalized spacial score (nSPS) is 29.4. The number of nitrogens with zero attached hydrogens (tertiary/aromatic N) is 2. The summed E-state index contributed by atoms with van der Waals surface area (Å²) >= 11 is 0. The Morgan fingerprint density at radius 1 is 1.24 bits per heavy atom. The second-order valence-corrected chi connectivity index (χ2v) is 6.88. The van der Waals surface area contributed by atoms with Crippen LogP contribution in [-0.2, 0) is 4.79 Å². The van der Waals surface area contributed by atoms with Gasteiger partial charge in [0.05, 0.1) is 6.04 Å². The van der Waals surface area contributed by atoms with Gasteiger partial charge in [0.2, 0.25) is 5.91 Å². The summed E-state index contributed by atoms with van der Waals surface area (Å²) < 4.78 is 0. The van der Waals surface area contributed by atoms with Gasteiger partial charge in [0.25, 0.3) is 0 Å². The van der Waals surface area contributed by atoms with Crippen LogP contribution >= 0.6 is 0 Å². The van der Waals surface area contributed by atoms with Crippen LogP contribution in [-0.4, -0.2) is 60.5 Å². The molecule has 2 heterocycles. The highest BCUT2D eigenvalue weighted by molar-refractivity contribution is 5.81. The largest absolute Gasteiger partial charge is 0.341 e. The zero-order valence-electron chi connectivity index (χ0n) is 14.1. The maximum Gasteiger partial charge on any atom is 0.239 e. The Morgan fingerprint density at radius 2 is 1.95 bits per heavy atom. The van der Waals surface area contributed by atoms with Gasteiger partial charge in [-0.15, -0.1) is 0 Å². The van der Waals surface area contributed by atoms with Crippen LogP contribution in [0.4, 0.5) is 0 Å². The molecule has 0 aromatic rings. The minimum Gasteiger partial charge on any atom is -0.341 e. The van der Waals surface area contributed by atoms with Crippen molar-refractivity contribution in [2.24, 2.45) is 5.92 Å². The Labute approximate surface area is 130 Å². The number of carbonyl (C=O) groups is 1. The van der Waals surface area contributed by atoms with Gasteiger partial charge in [-0.3, -0.25) is 9.69 Å². The number of piperidine rings is 2. The first-order valence-electron chi connectivity index (χ1n) is 8.89. The van der Waals surface area contributed by atoms with Gasteiger partial charge in [-0.2, -0.15) is 0 Å². The van der Waals surface area contributed by atoms with Gasteiger partial charge in [0.15, 0.2) is 0 Å². The minimum atomic E-state index is 0.0534. The van der Waals surface area contributed by atoms with Crippen molar-refractivity contribution in [3.8, 4) is 0 Å². The zero-order valence-corrected chi connectivity index (χ0v) is 14.1. The molecule has 2 aliphatic rings. The number of carbonyl (C=O) groups excluding carboxylic acids is 1. The number of rotatable bonds is 5. The Bertz CT molecular complexity index is 328. The lowest BCUT2D eigenvalue weighted by molar-refractivity contribution is -0.138. The van der Waals surface area contributed by atoms with Gasteiger partial charge in [-0.05, 0) is 51.5 Å². The van der Waals surface area contributed by atoms with Crippen LogP contribution in [0.5, 0.6) is 0 Å². The molecule has 0 aliphatic carbocycles. The number of nitrogens with one attached hydrogen (secondary N) is 1. The third kappa shape index (κ3) is 4.43. The zero-order chi connectivity index (χ0) is 15.2. The van der Waals surface area contributed by atoms with Crippen molar-refractivity contribution in [3.63, 3.8) is 0 Å². The van der Waals surface area contributed by atoms with Gasteiger partial charge in [0.1, 0.15) is 0 Å². The maximum atomic E-state index is 12.6. The fraction of sp³-hybridized carbons (Fsp3) is 0.941. The molecule has 4 nitrogen and oxygen atoms in total. The summed E-state index contributed by atoms with van der Waals surface area (Å²) in [6.07, 6.45) is 6.00. The molecular formula is C17H33N3O. The van der Waals surface area contributed by atoms with Crippen molar-refractivity contribution < 1.29 is 4.79 Å².